The Morgan fingerprint density at radius 2 is 1.86 bits per heavy atom. The number of nitrogens with zero attached hydrogens (tertiary/aromatic N) is 2. The standard InChI is InChI=1S/C17H31FN2O2/c1-17(2,3)7-11-19-10-6-16(15(18)12-19)22-14-4-8-20(13-21)9-5-14/h13-16H,4-12H2,1-3H3. The summed E-state index contributed by atoms with van der Waals surface area (Å²) < 4.78 is 20.4. The molecule has 2 aliphatic rings. The second-order valence-electron chi connectivity index (χ2n) is 7.93. The molecule has 0 spiro atoms. The van der Waals surface area contributed by atoms with Crippen molar-refractivity contribution in [2.24, 2.45) is 5.41 Å². The number of carbonyl (C=O) groups excluding carboxylic acids is 1. The van der Waals surface area contributed by atoms with Crippen molar-refractivity contribution in [3.8, 4) is 0 Å². The first-order chi connectivity index (χ1) is 10.4. The van der Waals surface area contributed by atoms with Gasteiger partial charge in [-0.3, -0.25) is 4.79 Å². The second-order valence-corrected chi connectivity index (χ2v) is 7.93. The molecule has 1 amide bonds. The number of ether oxygens (including phenoxy) is 1. The van der Waals surface area contributed by atoms with Gasteiger partial charge in [0.15, 0.2) is 0 Å². The number of piperidine rings is 2. The number of alkyl halides is 1. The lowest BCUT2D eigenvalue weighted by Crippen LogP contribution is -2.48. The molecule has 0 saturated carbocycles. The topological polar surface area (TPSA) is 32.8 Å². The van der Waals surface area contributed by atoms with Gasteiger partial charge in [-0.1, -0.05) is 20.8 Å². The highest BCUT2D eigenvalue weighted by molar-refractivity contribution is 5.47. The van der Waals surface area contributed by atoms with Crippen LogP contribution in [0.5, 0.6) is 0 Å². The van der Waals surface area contributed by atoms with Crippen molar-refractivity contribution in [1.29, 1.82) is 0 Å². The van der Waals surface area contributed by atoms with E-state index in [1.54, 1.807) is 4.90 Å². The molecule has 22 heavy (non-hydrogen) atoms. The predicted molar refractivity (Wildman–Crippen MR) is 85.6 cm³/mol. The van der Waals surface area contributed by atoms with Crippen LogP contribution in [0, 0.1) is 5.41 Å². The Hall–Kier alpha value is -0.680. The fraction of sp³-hybridized carbons (Fsp3) is 0.941. The summed E-state index contributed by atoms with van der Waals surface area (Å²) in [5, 5.41) is 0. The molecule has 128 valence electrons. The largest absolute Gasteiger partial charge is 0.372 e. The lowest BCUT2D eigenvalue weighted by atomic mass is 9.91. The molecule has 2 heterocycles. The van der Waals surface area contributed by atoms with Gasteiger partial charge in [-0.25, -0.2) is 4.39 Å². The van der Waals surface area contributed by atoms with E-state index in [1.807, 2.05) is 0 Å². The Morgan fingerprint density at radius 1 is 1.18 bits per heavy atom. The van der Waals surface area contributed by atoms with Crippen molar-refractivity contribution < 1.29 is 13.9 Å². The fourth-order valence-corrected chi connectivity index (χ4v) is 3.16. The maximum absolute atomic E-state index is 14.4. The van der Waals surface area contributed by atoms with E-state index in [4.69, 9.17) is 4.74 Å². The summed E-state index contributed by atoms with van der Waals surface area (Å²) in [6.45, 7) is 10.5. The van der Waals surface area contributed by atoms with Crippen LogP contribution >= 0.6 is 0 Å². The Bertz CT molecular complexity index is 351. The lowest BCUT2D eigenvalue weighted by Gasteiger charge is -2.38. The van der Waals surface area contributed by atoms with Gasteiger partial charge in [0.05, 0.1) is 12.2 Å². The molecule has 5 heteroatoms. The number of hydrogen-bond acceptors (Lipinski definition) is 3. The lowest BCUT2D eigenvalue weighted by molar-refractivity contribution is -0.125. The van der Waals surface area contributed by atoms with Crippen LogP contribution in [0.2, 0.25) is 0 Å². The van der Waals surface area contributed by atoms with Crippen LogP contribution in [0.1, 0.15) is 46.5 Å². The summed E-state index contributed by atoms with van der Waals surface area (Å²) in [6.07, 6.45) is 3.37. The van der Waals surface area contributed by atoms with E-state index >= 15 is 0 Å². The molecule has 0 aromatic carbocycles. The Labute approximate surface area is 134 Å². The number of amides is 1. The van der Waals surface area contributed by atoms with Crippen LogP contribution in [0.25, 0.3) is 0 Å². The highest BCUT2D eigenvalue weighted by atomic mass is 19.1. The SMILES string of the molecule is CC(C)(C)CCN1CCC(OC2CCN(C=O)CC2)C(F)C1. The van der Waals surface area contributed by atoms with Crippen molar-refractivity contribution in [3.63, 3.8) is 0 Å². The van der Waals surface area contributed by atoms with Crippen LogP contribution in [-0.4, -0.2) is 67.3 Å². The van der Waals surface area contributed by atoms with Gasteiger partial charge in [0.2, 0.25) is 6.41 Å². The van der Waals surface area contributed by atoms with Gasteiger partial charge >= 0.3 is 0 Å². The van der Waals surface area contributed by atoms with E-state index < -0.39 is 6.17 Å². The first-order valence-corrected chi connectivity index (χ1v) is 8.58. The van der Waals surface area contributed by atoms with Gasteiger partial charge in [0.1, 0.15) is 6.17 Å². The van der Waals surface area contributed by atoms with Crippen molar-refractivity contribution >= 4 is 6.41 Å². The maximum Gasteiger partial charge on any atom is 0.209 e. The minimum atomic E-state index is -0.891. The zero-order valence-electron chi connectivity index (χ0n) is 14.3. The molecular formula is C17H31FN2O2. The quantitative estimate of drug-likeness (QED) is 0.731. The maximum atomic E-state index is 14.4. The van der Waals surface area contributed by atoms with Crippen LogP contribution in [0.15, 0.2) is 0 Å². The number of halogens is 1. The fourth-order valence-electron chi connectivity index (χ4n) is 3.16. The molecule has 4 nitrogen and oxygen atoms in total. The van der Waals surface area contributed by atoms with E-state index in [0.29, 0.717) is 12.0 Å². The van der Waals surface area contributed by atoms with E-state index in [1.165, 1.54) is 0 Å². The molecule has 2 aliphatic heterocycles. The van der Waals surface area contributed by atoms with Crippen molar-refractivity contribution in [3.05, 3.63) is 0 Å². The summed E-state index contributed by atoms with van der Waals surface area (Å²) in [6, 6.07) is 0. The zero-order valence-corrected chi connectivity index (χ0v) is 14.3. The molecule has 2 atom stereocenters. The van der Waals surface area contributed by atoms with Crippen LogP contribution < -0.4 is 0 Å². The first-order valence-electron chi connectivity index (χ1n) is 8.58. The number of hydrogen-bond donors (Lipinski definition) is 0. The molecule has 0 bridgehead atoms. The molecular weight excluding hydrogens is 283 g/mol. The average Bonchev–Trinajstić information content (AvgIpc) is 2.47. The second kappa shape index (κ2) is 7.73. The third-order valence-electron chi connectivity index (χ3n) is 4.74. The van der Waals surface area contributed by atoms with Crippen molar-refractivity contribution in [2.45, 2.75) is 64.8 Å². The van der Waals surface area contributed by atoms with E-state index in [9.17, 15) is 9.18 Å². The minimum absolute atomic E-state index is 0.112. The average molecular weight is 314 g/mol. The summed E-state index contributed by atoms with van der Waals surface area (Å²) in [5.74, 6) is 0. The molecule has 2 saturated heterocycles. The third kappa shape index (κ3) is 5.51. The summed E-state index contributed by atoms with van der Waals surface area (Å²) in [4.78, 5) is 14.7. The summed E-state index contributed by atoms with van der Waals surface area (Å²) in [7, 11) is 0. The molecule has 2 fully saturated rings. The van der Waals surface area contributed by atoms with Crippen LogP contribution in [-0.2, 0) is 9.53 Å². The predicted octanol–water partition coefficient (Wildman–Crippen LogP) is 2.47. The summed E-state index contributed by atoms with van der Waals surface area (Å²) in [5.41, 5.74) is 0.297. The zero-order chi connectivity index (χ0) is 16.2. The molecule has 0 N–H and O–H groups in total. The monoisotopic (exact) mass is 314 g/mol. The highest BCUT2D eigenvalue weighted by Crippen LogP contribution is 2.25. The molecule has 2 unspecified atom stereocenters. The highest BCUT2D eigenvalue weighted by Gasteiger charge is 2.33. The van der Waals surface area contributed by atoms with Gasteiger partial charge in [-0.15, -0.1) is 0 Å². The molecule has 0 aliphatic carbocycles. The minimum Gasteiger partial charge on any atom is -0.372 e. The smallest absolute Gasteiger partial charge is 0.209 e. The summed E-state index contributed by atoms with van der Waals surface area (Å²) >= 11 is 0. The first kappa shape index (κ1) is 17.7. The molecule has 0 aromatic heterocycles. The molecule has 2 rings (SSSR count). The Balaban J connectivity index is 1.71. The number of rotatable bonds is 5. The van der Waals surface area contributed by atoms with E-state index in [2.05, 4.69) is 25.7 Å². The normalized spacial score (nSPS) is 28.8. The third-order valence-corrected chi connectivity index (χ3v) is 4.74. The van der Waals surface area contributed by atoms with Gasteiger partial charge in [-0.05, 0) is 37.6 Å². The number of likely N-dealkylation sites (tertiary alicyclic amines) is 2. The van der Waals surface area contributed by atoms with Gasteiger partial charge in [0, 0.05) is 26.2 Å². The van der Waals surface area contributed by atoms with Crippen molar-refractivity contribution in [1.82, 2.24) is 9.80 Å². The molecule has 0 aromatic rings. The van der Waals surface area contributed by atoms with E-state index in [-0.39, 0.29) is 12.2 Å². The van der Waals surface area contributed by atoms with E-state index in [0.717, 1.165) is 58.3 Å². The van der Waals surface area contributed by atoms with Gasteiger partial charge < -0.3 is 14.5 Å². The van der Waals surface area contributed by atoms with Gasteiger partial charge in [-0.2, -0.15) is 0 Å². The van der Waals surface area contributed by atoms with Crippen molar-refractivity contribution in [2.75, 3.05) is 32.7 Å². The van der Waals surface area contributed by atoms with Crippen LogP contribution in [0.3, 0.4) is 0 Å². The Kier molecular flexibility index (Phi) is 6.21. The van der Waals surface area contributed by atoms with Crippen LogP contribution in [0.4, 0.5) is 4.39 Å². The Morgan fingerprint density at radius 3 is 2.41 bits per heavy atom. The molecule has 0 radical (unpaired) electrons. The van der Waals surface area contributed by atoms with Gasteiger partial charge in [0.25, 0.3) is 0 Å². The number of carbonyl (C=O) groups is 1.